The highest BCUT2D eigenvalue weighted by Crippen LogP contribution is 2.56. The molecule has 6 heteroatoms. The highest BCUT2D eigenvalue weighted by molar-refractivity contribution is 5.41. The van der Waals surface area contributed by atoms with Crippen LogP contribution >= 0.6 is 0 Å². The number of fused-ring (bicyclic) bond motifs is 1. The quantitative estimate of drug-likeness (QED) is 0.551. The van der Waals surface area contributed by atoms with E-state index in [2.05, 4.69) is 39.8 Å². The third-order valence-corrected chi connectivity index (χ3v) is 6.62. The fourth-order valence-corrected chi connectivity index (χ4v) is 4.94. The summed E-state index contributed by atoms with van der Waals surface area (Å²) < 4.78 is 28.9. The Labute approximate surface area is 171 Å². The fourth-order valence-electron chi connectivity index (χ4n) is 4.94. The lowest BCUT2D eigenvalue weighted by molar-refractivity contribution is -0.0719. The van der Waals surface area contributed by atoms with E-state index >= 15 is 0 Å². The molecule has 1 aromatic rings. The maximum atomic E-state index is 11.9. The Balaban J connectivity index is 1.56. The van der Waals surface area contributed by atoms with Gasteiger partial charge in [-0.25, -0.2) is 4.79 Å². The van der Waals surface area contributed by atoms with Crippen molar-refractivity contribution >= 4 is 0 Å². The predicted molar refractivity (Wildman–Crippen MR) is 108 cm³/mol. The molecule has 0 saturated carbocycles. The van der Waals surface area contributed by atoms with Gasteiger partial charge >= 0.3 is 5.63 Å². The van der Waals surface area contributed by atoms with Crippen LogP contribution in [0.25, 0.3) is 0 Å². The van der Waals surface area contributed by atoms with E-state index in [0.717, 1.165) is 16.7 Å². The highest BCUT2D eigenvalue weighted by atomic mass is 16.7. The van der Waals surface area contributed by atoms with E-state index in [1.165, 1.54) is 6.07 Å². The summed E-state index contributed by atoms with van der Waals surface area (Å²) in [5.74, 6) is 1.03. The van der Waals surface area contributed by atoms with Crippen LogP contribution in [0.2, 0.25) is 0 Å². The molecule has 0 amide bonds. The van der Waals surface area contributed by atoms with Crippen molar-refractivity contribution in [1.82, 2.24) is 0 Å². The minimum Gasteiger partial charge on any atom is -0.496 e. The number of epoxide rings is 2. The highest BCUT2D eigenvalue weighted by Gasteiger charge is 2.71. The van der Waals surface area contributed by atoms with Crippen molar-refractivity contribution in [3.63, 3.8) is 0 Å². The summed E-state index contributed by atoms with van der Waals surface area (Å²) in [4.78, 5) is 11.9. The summed E-state index contributed by atoms with van der Waals surface area (Å²) in [5, 5.41) is 0. The molecule has 1 aromatic heterocycles. The molecule has 29 heavy (non-hydrogen) atoms. The first-order chi connectivity index (χ1) is 13.4. The Hall–Kier alpha value is -1.89. The van der Waals surface area contributed by atoms with Gasteiger partial charge in [-0.05, 0) is 60.1 Å². The molecule has 6 nitrogen and oxygen atoms in total. The van der Waals surface area contributed by atoms with Gasteiger partial charge in [0.1, 0.15) is 34.9 Å². The lowest BCUT2D eigenvalue weighted by Crippen LogP contribution is -2.30. The number of methoxy groups -OCH3 is 1. The molecule has 0 aliphatic carbocycles. The van der Waals surface area contributed by atoms with Crippen LogP contribution in [0, 0.1) is 6.92 Å². The smallest absolute Gasteiger partial charge is 0.339 e. The molecule has 0 bridgehead atoms. The molecule has 6 atom stereocenters. The molecule has 4 rings (SSSR count). The van der Waals surface area contributed by atoms with Crippen molar-refractivity contribution in [1.29, 1.82) is 0 Å². The van der Waals surface area contributed by atoms with Crippen molar-refractivity contribution < 1.29 is 23.4 Å². The number of allylic oxidation sites excluding steroid dienone is 2. The average molecular weight is 402 g/mol. The normalized spacial score (nSPS) is 41.3. The van der Waals surface area contributed by atoms with Gasteiger partial charge in [0, 0.05) is 5.56 Å². The van der Waals surface area contributed by atoms with Gasteiger partial charge in [0.25, 0.3) is 0 Å². The first kappa shape index (κ1) is 20.4. The van der Waals surface area contributed by atoms with Gasteiger partial charge in [-0.3, -0.25) is 0 Å². The van der Waals surface area contributed by atoms with Crippen molar-refractivity contribution in [2.45, 2.75) is 83.6 Å². The molecule has 3 saturated heterocycles. The van der Waals surface area contributed by atoms with Crippen molar-refractivity contribution in [3.05, 3.63) is 51.1 Å². The molecular formula is C23H30O6. The van der Waals surface area contributed by atoms with E-state index < -0.39 is 16.8 Å². The zero-order valence-corrected chi connectivity index (χ0v) is 18.4. The molecule has 0 radical (unpaired) electrons. The van der Waals surface area contributed by atoms with Crippen LogP contribution in [-0.4, -0.2) is 36.6 Å². The Kier molecular flexibility index (Phi) is 4.43. The van der Waals surface area contributed by atoms with Gasteiger partial charge < -0.3 is 23.4 Å². The van der Waals surface area contributed by atoms with E-state index in [1.807, 2.05) is 20.8 Å². The van der Waals surface area contributed by atoms with E-state index in [1.54, 1.807) is 7.11 Å². The van der Waals surface area contributed by atoms with Gasteiger partial charge in [0.05, 0.1) is 19.3 Å². The molecule has 4 heterocycles. The van der Waals surface area contributed by atoms with Crippen molar-refractivity contribution in [2.75, 3.05) is 7.11 Å². The predicted octanol–water partition coefficient (Wildman–Crippen LogP) is 3.80. The zero-order chi connectivity index (χ0) is 21.4. The summed E-state index contributed by atoms with van der Waals surface area (Å²) in [6.45, 7) is 14.1. The summed E-state index contributed by atoms with van der Waals surface area (Å²) in [6, 6.07) is 1.35. The summed E-state index contributed by atoms with van der Waals surface area (Å²) in [7, 11) is 1.54. The third kappa shape index (κ3) is 3.09. The number of rotatable bonds is 5. The maximum absolute atomic E-state index is 11.9. The lowest BCUT2D eigenvalue weighted by atomic mass is 9.92. The Morgan fingerprint density at radius 3 is 2.41 bits per heavy atom. The second-order valence-electron chi connectivity index (χ2n) is 9.10. The van der Waals surface area contributed by atoms with Crippen LogP contribution in [0.3, 0.4) is 0 Å². The van der Waals surface area contributed by atoms with Crippen LogP contribution in [0.5, 0.6) is 5.75 Å². The Morgan fingerprint density at radius 1 is 1.17 bits per heavy atom. The van der Waals surface area contributed by atoms with E-state index in [4.69, 9.17) is 23.4 Å². The van der Waals surface area contributed by atoms with E-state index in [0.29, 0.717) is 11.5 Å². The van der Waals surface area contributed by atoms with Crippen molar-refractivity contribution in [2.24, 2.45) is 0 Å². The van der Waals surface area contributed by atoms with Crippen LogP contribution in [0.4, 0.5) is 0 Å². The fraction of sp³-hybridized carbons (Fsp3) is 0.609. The largest absolute Gasteiger partial charge is 0.496 e. The molecule has 3 aliphatic rings. The topological polar surface area (TPSA) is 73.7 Å². The van der Waals surface area contributed by atoms with E-state index in [9.17, 15) is 4.79 Å². The molecule has 1 unspecified atom stereocenters. The standard InChI is InChI=1S/C23H30O6/c1-12(11-21(5)20-22(6,29-20)15(4)27-21)9-13(2)18-23(7,28-18)19-14(3)16(25-8)10-17(24)26-19/h9-11,15,18,20H,1-8H3/t15-,18-,20?,21+,22-,23-/m0/s1. The Morgan fingerprint density at radius 2 is 1.86 bits per heavy atom. The molecule has 3 fully saturated rings. The van der Waals surface area contributed by atoms with Gasteiger partial charge in [-0.2, -0.15) is 0 Å². The van der Waals surface area contributed by atoms with Gasteiger partial charge in [0.2, 0.25) is 0 Å². The molecule has 0 spiro atoms. The molecular weight excluding hydrogens is 372 g/mol. The third-order valence-electron chi connectivity index (χ3n) is 6.62. The average Bonchev–Trinajstić information content (AvgIpc) is 3.50. The molecule has 3 aliphatic heterocycles. The summed E-state index contributed by atoms with van der Waals surface area (Å²) in [6.07, 6.45) is 4.22. The maximum Gasteiger partial charge on any atom is 0.339 e. The minimum absolute atomic E-state index is 0.0700. The first-order valence-corrected chi connectivity index (χ1v) is 10.0. The second-order valence-corrected chi connectivity index (χ2v) is 9.10. The molecule has 158 valence electrons. The zero-order valence-electron chi connectivity index (χ0n) is 18.4. The Bertz CT molecular complexity index is 974. The monoisotopic (exact) mass is 402 g/mol. The lowest BCUT2D eigenvalue weighted by Gasteiger charge is -2.24. The molecule has 0 aromatic carbocycles. The number of ether oxygens (including phenoxy) is 4. The van der Waals surface area contributed by atoms with Gasteiger partial charge in [0.15, 0.2) is 5.60 Å². The SMILES string of the molecule is COc1cc(=O)oc([C@@]2(C)O[C@H]2C(C)=CC(C)=C[C@@]2(C)O[C@@H](C)[C@]3(C)OC23)c1C. The van der Waals surface area contributed by atoms with E-state index in [-0.39, 0.29) is 23.9 Å². The van der Waals surface area contributed by atoms with Gasteiger partial charge in [-0.1, -0.05) is 11.6 Å². The number of hydrogen-bond donors (Lipinski definition) is 0. The minimum atomic E-state index is -0.681. The first-order valence-electron chi connectivity index (χ1n) is 10.0. The summed E-state index contributed by atoms with van der Waals surface area (Å²) in [5.41, 5.74) is 1.19. The second kappa shape index (κ2) is 6.30. The van der Waals surface area contributed by atoms with Crippen LogP contribution in [0.15, 0.2) is 38.6 Å². The van der Waals surface area contributed by atoms with Crippen molar-refractivity contribution in [3.8, 4) is 5.75 Å². The summed E-state index contributed by atoms with van der Waals surface area (Å²) >= 11 is 0. The van der Waals surface area contributed by atoms with Crippen LogP contribution in [-0.2, 0) is 19.8 Å². The van der Waals surface area contributed by atoms with Gasteiger partial charge in [-0.15, -0.1) is 0 Å². The number of hydrogen-bond acceptors (Lipinski definition) is 6. The van der Waals surface area contributed by atoms with Crippen LogP contribution < -0.4 is 10.4 Å². The molecule has 0 N–H and O–H groups in total. The van der Waals surface area contributed by atoms with Crippen LogP contribution in [0.1, 0.15) is 52.9 Å².